The number of hydrogen-bond acceptors (Lipinski definition) is 3. The summed E-state index contributed by atoms with van der Waals surface area (Å²) in [5.41, 5.74) is 0.545. The van der Waals surface area contributed by atoms with Crippen LogP contribution in [0.1, 0.15) is 30.1 Å². The molecule has 1 aliphatic rings. The van der Waals surface area contributed by atoms with Crippen molar-refractivity contribution in [2.45, 2.75) is 19.8 Å². The number of para-hydroxylation sites is 1. The standard InChI is InChI=1S/C15H19NO4/c1-2-20-13-6-4-3-5-12(13)14(17)16-9-7-11(8-10-16)15(18)19/h3-6,11H,2,7-10H2,1H3,(H,18,19). The molecular formula is C15H19NO4. The first-order valence-corrected chi connectivity index (χ1v) is 6.87. The lowest BCUT2D eigenvalue weighted by Crippen LogP contribution is -2.40. The summed E-state index contributed by atoms with van der Waals surface area (Å²) in [5.74, 6) is -0.605. The summed E-state index contributed by atoms with van der Waals surface area (Å²) < 4.78 is 5.47. The fourth-order valence-corrected chi connectivity index (χ4v) is 2.42. The van der Waals surface area contributed by atoms with E-state index in [1.54, 1.807) is 23.1 Å². The topological polar surface area (TPSA) is 66.8 Å². The van der Waals surface area contributed by atoms with E-state index < -0.39 is 5.97 Å². The normalized spacial score (nSPS) is 15.9. The van der Waals surface area contributed by atoms with Gasteiger partial charge in [-0.3, -0.25) is 9.59 Å². The second kappa shape index (κ2) is 6.41. The van der Waals surface area contributed by atoms with Crippen molar-refractivity contribution < 1.29 is 19.4 Å². The van der Waals surface area contributed by atoms with Gasteiger partial charge in [0.1, 0.15) is 5.75 Å². The lowest BCUT2D eigenvalue weighted by molar-refractivity contribution is -0.143. The van der Waals surface area contributed by atoms with Gasteiger partial charge in [-0.2, -0.15) is 0 Å². The summed E-state index contributed by atoms with van der Waals surface area (Å²) in [4.78, 5) is 25.1. The quantitative estimate of drug-likeness (QED) is 0.914. The third-order valence-corrected chi connectivity index (χ3v) is 3.55. The van der Waals surface area contributed by atoms with Crippen molar-refractivity contribution in [2.24, 2.45) is 5.92 Å². The third-order valence-electron chi connectivity index (χ3n) is 3.55. The van der Waals surface area contributed by atoms with E-state index in [9.17, 15) is 9.59 Å². The first-order valence-electron chi connectivity index (χ1n) is 6.87. The molecule has 5 heteroatoms. The number of carboxylic acids is 1. The second-order valence-corrected chi connectivity index (χ2v) is 4.83. The SMILES string of the molecule is CCOc1ccccc1C(=O)N1CCC(C(=O)O)CC1. The Hall–Kier alpha value is -2.04. The summed E-state index contributed by atoms with van der Waals surface area (Å²) in [5, 5.41) is 8.97. The molecule has 20 heavy (non-hydrogen) atoms. The minimum absolute atomic E-state index is 0.0853. The Morgan fingerprint density at radius 3 is 2.55 bits per heavy atom. The number of carbonyl (C=O) groups excluding carboxylic acids is 1. The van der Waals surface area contributed by atoms with Crippen LogP contribution >= 0.6 is 0 Å². The van der Waals surface area contributed by atoms with Crippen molar-refractivity contribution in [1.29, 1.82) is 0 Å². The third kappa shape index (κ3) is 3.10. The molecule has 1 fully saturated rings. The number of piperidine rings is 1. The molecule has 0 atom stereocenters. The lowest BCUT2D eigenvalue weighted by Gasteiger charge is -2.30. The number of carboxylic acid groups (broad SMARTS) is 1. The number of carbonyl (C=O) groups is 2. The predicted molar refractivity (Wildman–Crippen MR) is 73.9 cm³/mol. The Morgan fingerprint density at radius 1 is 1.30 bits per heavy atom. The first kappa shape index (κ1) is 14.4. The van der Waals surface area contributed by atoms with Gasteiger partial charge in [0.2, 0.25) is 0 Å². The molecule has 1 amide bonds. The van der Waals surface area contributed by atoms with Gasteiger partial charge < -0.3 is 14.7 Å². The number of likely N-dealkylation sites (tertiary alicyclic amines) is 1. The Bertz CT molecular complexity index is 492. The van der Waals surface area contributed by atoms with Crippen molar-refractivity contribution in [1.82, 2.24) is 4.90 Å². The largest absolute Gasteiger partial charge is 0.493 e. The zero-order valence-electron chi connectivity index (χ0n) is 11.5. The molecule has 1 saturated heterocycles. The number of amides is 1. The highest BCUT2D eigenvalue weighted by Gasteiger charge is 2.28. The fraction of sp³-hybridized carbons (Fsp3) is 0.467. The molecule has 0 aromatic heterocycles. The maximum atomic E-state index is 12.5. The molecule has 0 radical (unpaired) electrons. The van der Waals surface area contributed by atoms with Gasteiger partial charge in [-0.15, -0.1) is 0 Å². The van der Waals surface area contributed by atoms with Crippen molar-refractivity contribution in [3.63, 3.8) is 0 Å². The van der Waals surface area contributed by atoms with E-state index in [0.717, 1.165) is 0 Å². The number of aliphatic carboxylic acids is 1. The molecular weight excluding hydrogens is 258 g/mol. The smallest absolute Gasteiger partial charge is 0.306 e. The van der Waals surface area contributed by atoms with Crippen LogP contribution in [0.15, 0.2) is 24.3 Å². The van der Waals surface area contributed by atoms with Crippen LogP contribution in [0.5, 0.6) is 5.75 Å². The summed E-state index contributed by atoms with van der Waals surface area (Å²) >= 11 is 0. The first-order chi connectivity index (χ1) is 9.63. The molecule has 0 aliphatic carbocycles. The van der Waals surface area contributed by atoms with E-state index in [2.05, 4.69) is 0 Å². The fourth-order valence-electron chi connectivity index (χ4n) is 2.42. The molecule has 2 rings (SSSR count). The second-order valence-electron chi connectivity index (χ2n) is 4.83. The van der Waals surface area contributed by atoms with Gasteiger partial charge in [-0.25, -0.2) is 0 Å². The molecule has 0 unspecified atom stereocenters. The maximum Gasteiger partial charge on any atom is 0.306 e. The van der Waals surface area contributed by atoms with Gasteiger partial charge >= 0.3 is 5.97 Å². The number of ether oxygens (including phenoxy) is 1. The van der Waals surface area contributed by atoms with Crippen molar-refractivity contribution in [2.75, 3.05) is 19.7 Å². The Balaban J connectivity index is 2.07. The van der Waals surface area contributed by atoms with Gasteiger partial charge in [-0.1, -0.05) is 12.1 Å². The highest BCUT2D eigenvalue weighted by atomic mass is 16.5. The maximum absolute atomic E-state index is 12.5. The molecule has 5 nitrogen and oxygen atoms in total. The zero-order valence-corrected chi connectivity index (χ0v) is 11.5. The summed E-state index contributed by atoms with van der Waals surface area (Å²) in [6.45, 7) is 3.34. The molecule has 1 aromatic rings. The van der Waals surface area contributed by atoms with Crippen LogP contribution in [0.25, 0.3) is 0 Å². The van der Waals surface area contributed by atoms with E-state index >= 15 is 0 Å². The van der Waals surface area contributed by atoms with Crippen LogP contribution in [-0.4, -0.2) is 41.6 Å². The lowest BCUT2D eigenvalue weighted by atomic mass is 9.96. The van der Waals surface area contributed by atoms with Crippen molar-refractivity contribution in [3.05, 3.63) is 29.8 Å². The molecule has 0 bridgehead atoms. The number of benzene rings is 1. The van der Waals surface area contributed by atoms with Crippen LogP contribution in [0.2, 0.25) is 0 Å². The van der Waals surface area contributed by atoms with Crippen LogP contribution in [0, 0.1) is 5.92 Å². The van der Waals surface area contributed by atoms with E-state index in [0.29, 0.717) is 43.9 Å². The van der Waals surface area contributed by atoms with Gasteiger partial charge in [-0.05, 0) is 31.9 Å². The number of hydrogen-bond donors (Lipinski definition) is 1. The average molecular weight is 277 g/mol. The van der Waals surface area contributed by atoms with Gasteiger partial charge in [0, 0.05) is 13.1 Å². The van der Waals surface area contributed by atoms with E-state index in [1.165, 1.54) is 0 Å². The van der Waals surface area contributed by atoms with Crippen LogP contribution < -0.4 is 4.74 Å². The van der Waals surface area contributed by atoms with E-state index in [4.69, 9.17) is 9.84 Å². The summed E-state index contributed by atoms with van der Waals surface area (Å²) in [7, 11) is 0. The predicted octanol–water partition coefficient (Wildman–Crippen LogP) is 2.02. The highest BCUT2D eigenvalue weighted by Crippen LogP contribution is 2.23. The van der Waals surface area contributed by atoms with Gasteiger partial charge in [0.25, 0.3) is 5.91 Å². The van der Waals surface area contributed by atoms with Crippen molar-refractivity contribution >= 4 is 11.9 Å². The zero-order chi connectivity index (χ0) is 14.5. The van der Waals surface area contributed by atoms with Gasteiger partial charge in [0.15, 0.2) is 0 Å². The van der Waals surface area contributed by atoms with Crippen LogP contribution in [-0.2, 0) is 4.79 Å². The Morgan fingerprint density at radius 2 is 1.95 bits per heavy atom. The minimum Gasteiger partial charge on any atom is -0.493 e. The average Bonchev–Trinajstić information content (AvgIpc) is 2.47. The minimum atomic E-state index is -0.771. The molecule has 108 valence electrons. The number of rotatable bonds is 4. The van der Waals surface area contributed by atoms with E-state index in [1.807, 2.05) is 13.0 Å². The van der Waals surface area contributed by atoms with Gasteiger partial charge in [0.05, 0.1) is 18.1 Å². The Labute approximate surface area is 118 Å². The monoisotopic (exact) mass is 277 g/mol. The Kier molecular flexibility index (Phi) is 4.61. The molecule has 0 saturated carbocycles. The van der Waals surface area contributed by atoms with E-state index in [-0.39, 0.29) is 11.8 Å². The van der Waals surface area contributed by atoms with Crippen LogP contribution in [0.3, 0.4) is 0 Å². The number of nitrogens with zero attached hydrogens (tertiary/aromatic N) is 1. The molecule has 0 spiro atoms. The molecule has 1 N–H and O–H groups in total. The van der Waals surface area contributed by atoms with Crippen LogP contribution in [0.4, 0.5) is 0 Å². The van der Waals surface area contributed by atoms with Crippen molar-refractivity contribution in [3.8, 4) is 5.75 Å². The molecule has 1 heterocycles. The summed E-state index contributed by atoms with van der Waals surface area (Å²) in [6, 6.07) is 7.16. The highest BCUT2D eigenvalue weighted by molar-refractivity contribution is 5.97. The molecule has 1 aromatic carbocycles. The molecule has 1 aliphatic heterocycles. The summed E-state index contributed by atoms with van der Waals surface area (Å²) in [6.07, 6.45) is 1.02.